The molecule has 0 radical (unpaired) electrons. The van der Waals surface area contributed by atoms with Gasteiger partial charge in [0.25, 0.3) is 0 Å². The molecule has 0 unspecified atom stereocenters. The molecule has 0 aliphatic carbocycles. The first kappa shape index (κ1) is 22.8. The Morgan fingerprint density at radius 3 is 2.56 bits per heavy atom. The Bertz CT molecular complexity index is 1300. The van der Waals surface area contributed by atoms with Crippen LogP contribution in [0.2, 0.25) is 0 Å². The molecule has 1 aromatic carbocycles. The molecule has 7 nitrogen and oxygen atoms in total. The van der Waals surface area contributed by atoms with Crippen molar-refractivity contribution in [2.45, 2.75) is 13.5 Å². The normalized spacial score (nSPS) is 11.6. The summed E-state index contributed by atoms with van der Waals surface area (Å²) < 4.78 is 5.82. The van der Waals surface area contributed by atoms with E-state index in [2.05, 4.69) is 26.3 Å². The molecular weight excluding hydrogens is 424 g/mol. The van der Waals surface area contributed by atoms with E-state index in [-0.39, 0.29) is 0 Å². The molecular formula is C27H26N6O. The summed E-state index contributed by atoms with van der Waals surface area (Å²) in [5.41, 5.74) is 5.38. The van der Waals surface area contributed by atoms with E-state index in [0.29, 0.717) is 29.6 Å². The number of nitrogens with one attached hydrogen (secondary N) is 1. The Balaban J connectivity index is 1.84. The fraction of sp³-hybridized carbons (Fsp3) is 0.148. The highest BCUT2D eigenvalue weighted by Crippen LogP contribution is 2.36. The van der Waals surface area contributed by atoms with Crippen LogP contribution in [0, 0.1) is 0 Å². The standard InChI is InChI=1S/C27H26N6O/c1-4-7-23(28-2)21-9-5-10-22(16-21)24-25(34-3)27(31-18-19-8-6-13-30-17-19)33-26(32-24)20-11-14-29-15-12-20/h4-17H,18H2,1-3H3,(H,31,32,33)/b7-4-,28-23?. The SMILES string of the molecule is C/C=C\C(=NC)c1cccc(-c2nc(-c3ccncc3)nc(NCc3cccnc3)c2OC)c1. The number of benzene rings is 1. The summed E-state index contributed by atoms with van der Waals surface area (Å²) in [7, 11) is 3.42. The zero-order valence-corrected chi connectivity index (χ0v) is 19.4. The highest BCUT2D eigenvalue weighted by molar-refractivity contribution is 6.09. The van der Waals surface area contributed by atoms with Gasteiger partial charge in [-0.1, -0.05) is 30.3 Å². The van der Waals surface area contributed by atoms with Gasteiger partial charge in [-0.05, 0) is 42.8 Å². The van der Waals surface area contributed by atoms with Crippen LogP contribution in [0.5, 0.6) is 5.75 Å². The van der Waals surface area contributed by atoms with Crippen molar-refractivity contribution in [3.05, 3.63) is 96.6 Å². The Morgan fingerprint density at radius 2 is 1.85 bits per heavy atom. The first-order valence-corrected chi connectivity index (χ1v) is 10.9. The van der Waals surface area contributed by atoms with Crippen molar-refractivity contribution in [2.75, 3.05) is 19.5 Å². The van der Waals surface area contributed by atoms with Crippen LogP contribution in [0.15, 0.2) is 90.5 Å². The molecule has 3 heterocycles. The highest BCUT2D eigenvalue weighted by Gasteiger charge is 2.18. The number of anilines is 1. The molecule has 0 aliphatic heterocycles. The quantitative estimate of drug-likeness (QED) is 0.371. The van der Waals surface area contributed by atoms with Crippen molar-refractivity contribution < 1.29 is 4.74 Å². The van der Waals surface area contributed by atoms with Gasteiger partial charge in [-0.25, -0.2) is 9.97 Å². The average Bonchev–Trinajstić information content (AvgIpc) is 2.91. The molecule has 0 fully saturated rings. The van der Waals surface area contributed by atoms with Gasteiger partial charge in [-0.2, -0.15) is 0 Å². The molecule has 1 N–H and O–H groups in total. The van der Waals surface area contributed by atoms with Crippen LogP contribution < -0.4 is 10.1 Å². The third-order valence-electron chi connectivity index (χ3n) is 5.19. The lowest BCUT2D eigenvalue weighted by Crippen LogP contribution is -2.07. The van der Waals surface area contributed by atoms with E-state index in [0.717, 1.165) is 28.0 Å². The van der Waals surface area contributed by atoms with Crippen molar-refractivity contribution in [3.8, 4) is 28.4 Å². The van der Waals surface area contributed by atoms with E-state index in [1.54, 1.807) is 32.7 Å². The number of hydrogen-bond donors (Lipinski definition) is 1. The van der Waals surface area contributed by atoms with E-state index < -0.39 is 0 Å². The van der Waals surface area contributed by atoms with Gasteiger partial charge in [0.15, 0.2) is 17.4 Å². The smallest absolute Gasteiger partial charge is 0.187 e. The number of methoxy groups -OCH3 is 1. The number of pyridine rings is 2. The van der Waals surface area contributed by atoms with Gasteiger partial charge in [0.05, 0.1) is 12.8 Å². The molecule has 34 heavy (non-hydrogen) atoms. The van der Waals surface area contributed by atoms with Crippen LogP contribution in [0.3, 0.4) is 0 Å². The lowest BCUT2D eigenvalue weighted by Gasteiger charge is -2.16. The Hall–Kier alpha value is -4.39. The van der Waals surface area contributed by atoms with Crippen LogP contribution >= 0.6 is 0 Å². The maximum Gasteiger partial charge on any atom is 0.187 e. The second kappa shape index (κ2) is 11.0. The lowest BCUT2D eigenvalue weighted by molar-refractivity contribution is 0.415. The summed E-state index contributed by atoms with van der Waals surface area (Å²) in [4.78, 5) is 22.4. The summed E-state index contributed by atoms with van der Waals surface area (Å²) in [5.74, 6) is 1.75. The predicted octanol–water partition coefficient (Wildman–Crippen LogP) is 5.22. The van der Waals surface area contributed by atoms with Crippen molar-refractivity contribution >= 4 is 11.5 Å². The molecule has 4 rings (SSSR count). The van der Waals surface area contributed by atoms with Crippen LogP contribution in [-0.2, 0) is 6.54 Å². The molecule has 4 aromatic rings. The molecule has 0 atom stereocenters. The van der Waals surface area contributed by atoms with E-state index in [1.165, 1.54) is 0 Å². The maximum atomic E-state index is 5.82. The number of allylic oxidation sites excluding steroid dienone is 2. The minimum absolute atomic E-state index is 0.546. The maximum absolute atomic E-state index is 5.82. The predicted molar refractivity (Wildman–Crippen MR) is 136 cm³/mol. The third kappa shape index (κ3) is 5.15. The Labute approximate surface area is 199 Å². The van der Waals surface area contributed by atoms with Crippen LogP contribution in [0.25, 0.3) is 22.6 Å². The molecule has 7 heteroatoms. The minimum atomic E-state index is 0.546. The van der Waals surface area contributed by atoms with Gasteiger partial charge in [-0.3, -0.25) is 15.0 Å². The Kier molecular flexibility index (Phi) is 7.35. The number of aromatic nitrogens is 4. The minimum Gasteiger partial charge on any atom is -0.491 e. The molecule has 0 bridgehead atoms. The zero-order chi connectivity index (χ0) is 23.8. The van der Waals surface area contributed by atoms with Gasteiger partial charge in [-0.15, -0.1) is 0 Å². The van der Waals surface area contributed by atoms with Gasteiger partial charge in [0, 0.05) is 55.1 Å². The summed E-state index contributed by atoms with van der Waals surface area (Å²) in [6.45, 7) is 2.52. The summed E-state index contributed by atoms with van der Waals surface area (Å²) in [6.07, 6.45) is 11.0. The van der Waals surface area contributed by atoms with Crippen LogP contribution in [0.4, 0.5) is 5.82 Å². The van der Waals surface area contributed by atoms with Crippen molar-refractivity contribution in [2.24, 2.45) is 4.99 Å². The zero-order valence-electron chi connectivity index (χ0n) is 19.4. The molecule has 3 aromatic heterocycles. The molecule has 170 valence electrons. The first-order valence-electron chi connectivity index (χ1n) is 10.9. The van der Waals surface area contributed by atoms with Gasteiger partial charge >= 0.3 is 0 Å². The van der Waals surface area contributed by atoms with Crippen LogP contribution in [-0.4, -0.2) is 39.8 Å². The fourth-order valence-corrected chi connectivity index (χ4v) is 3.56. The third-order valence-corrected chi connectivity index (χ3v) is 5.19. The van der Waals surface area contributed by atoms with Gasteiger partial charge < -0.3 is 10.1 Å². The van der Waals surface area contributed by atoms with E-state index in [4.69, 9.17) is 14.7 Å². The second-order valence-corrected chi connectivity index (χ2v) is 7.42. The summed E-state index contributed by atoms with van der Waals surface area (Å²) in [6, 6.07) is 15.8. The molecule has 0 aliphatic rings. The number of ether oxygens (including phenoxy) is 1. The van der Waals surface area contributed by atoms with Gasteiger partial charge in [0.1, 0.15) is 5.69 Å². The highest BCUT2D eigenvalue weighted by atomic mass is 16.5. The molecule has 0 saturated carbocycles. The largest absolute Gasteiger partial charge is 0.491 e. The molecule has 0 saturated heterocycles. The Morgan fingerprint density at radius 1 is 1.00 bits per heavy atom. The van der Waals surface area contributed by atoms with Crippen molar-refractivity contribution in [1.82, 2.24) is 19.9 Å². The van der Waals surface area contributed by atoms with Crippen molar-refractivity contribution in [1.29, 1.82) is 0 Å². The van der Waals surface area contributed by atoms with E-state index in [9.17, 15) is 0 Å². The molecule has 0 amide bonds. The number of hydrogen-bond acceptors (Lipinski definition) is 7. The van der Waals surface area contributed by atoms with Gasteiger partial charge in [0.2, 0.25) is 0 Å². The van der Waals surface area contributed by atoms with E-state index in [1.807, 2.05) is 67.7 Å². The summed E-state index contributed by atoms with van der Waals surface area (Å²) in [5, 5.41) is 3.40. The monoisotopic (exact) mass is 450 g/mol. The summed E-state index contributed by atoms with van der Waals surface area (Å²) >= 11 is 0. The number of nitrogens with zero attached hydrogens (tertiary/aromatic N) is 5. The van der Waals surface area contributed by atoms with Crippen LogP contribution in [0.1, 0.15) is 18.1 Å². The second-order valence-electron chi connectivity index (χ2n) is 7.42. The first-order chi connectivity index (χ1) is 16.7. The lowest BCUT2D eigenvalue weighted by atomic mass is 10.0. The fourth-order valence-electron chi connectivity index (χ4n) is 3.56. The number of rotatable bonds is 8. The average molecular weight is 451 g/mol. The number of aliphatic imine (C=N–C) groups is 1. The van der Waals surface area contributed by atoms with E-state index >= 15 is 0 Å². The topological polar surface area (TPSA) is 85.2 Å². The molecule has 0 spiro atoms. The van der Waals surface area contributed by atoms with Crippen molar-refractivity contribution in [3.63, 3.8) is 0 Å².